The van der Waals surface area contributed by atoms with Gasteiger partial charge in [-0.25, -0.2) is 4.98 Å². The maximum Gasteiger partial charge on any atom is 0.265 e. The van der Waals surface area contributed by atoms with Crippen LogP contribution in [0.25, 0.3) is 10.6 Å². The van der Waals surface area contributed by atoms with Crippen LogP contribution in [-0.2, 0) is 4.79 Å². The van der Waals surface area contributed by atoms with Crippen molar-refractivity contribution in [2.45, 2.75) is 6.92 Å². The van der Waals surface area contributed by atoms with E-state index in [0.29, 0.717) is 37.6 Å². The Morgan fingerprint density at radius 3 is 2.27 bits per heavy atom. The quantitative estimate of drug-likeness (QED) is 0.686. The summed E-state index contributed by atoms with van der Waals surface area (Å²) in [7, 11) is 0. The first-order valence-corrected chi connectivity index (χ1v) is 10.8. The van der Waals surface area contributed by atoms with Gasteiger partial charge in [0, 0.05) is 37.4 Å². The van der Waals surface area contributed by atoms with Crippen LogP contribution in [0.2, 0.25) is 0 Å². The predicted molar refractivity (Wildman–Crippen MR) is 120 cm³/mol. The van der Waals surface area contributed by atoms with Crippen molar-refractivity contribution >= 4 is 28.8 Å². The normalized spacial score (nSPS) is 14.5. The van der Waals surface area contributed by atoms with Crippen LogP contribution in [0.3, 0.4) is 0 Å². The van der Waals surface area contributed by atoms with E-state index < -0.39 is 0 Å². The zero-order valence-corrected chi connectivity index (χ0v) is 17.7. The molecule has 0 atom stereocenters. The van der Waals surface area contributed by atoms with Gasteiger partial charge in [0.1, 0.15) is 9.88 Å². The van der Waals surface area contributed by atoms with Crippen molar-refractivity contribution in [2.24, 2.45) is 0 Å². The van der Waals surface area contributed by atoms with Crippen molar-refractivity contribution in [1.82, 2.24) is 14.8 Å². The van der Waals surface area contributed by atoms with Crippen LogP contribution in [0.1, 0.15) is 15.4 Å². The first-order valence-electron chi connectivity index (χ1n) is 9.99. The van der Waals surface area contributed by atoms with Gasteiger partial charge in [-0.3, -0.25) is 14.5 Å². The fourth-order valence-electron chi connectivity index (χ4n) is 3.48. The van der Waals surface area contributed by atoms with Gasteiger partial charge in [-0.2, -0.15) is 0 Å². The van der Waals surface area contributed by atoms with Gasteiger partial charge < -0.3 is 10.2 Å². The Morgan fingerprint density at radius 2 is 1.60 bits per heavy atom. The molecule has 3 aromatic rings. The highest BCUT2D eigenvalue weighted by molar-refractivity contribution is 7.17. The SMILES string of the molecule is Cc1nc(-c2ccccc2)sc1C(=O)N1CCN(CC(=O)Nc2ccccc2)CC1. The summed E-state index contributed by atoms with van der Waals surface area (Å²) in [6.07, 6.45) is 0. The number of aryl methyl sites for hydroxylation is 1. The number of thiazole rings is 1. The van der Waals surface area contributed by atoms with E-state index in [9.17, 15) is 9.59 Å². The van der Waals surface area contributed by atoms with Crippen LogP contribution in [-0.4, -0.2) is 59.3 Å². The molecule has 4 rings (SSSR count). The average molecular weight is 421 g/mol. The molecule has 1 aliphatic heterocycles. The van der Waals surface area contributed by atoms with Crippen molar-refractivity contribution < 1.29 is 9.59 Å². The molecule has 2 aromatic carbocycles. The van der Waals surface area contributed by atoms with Crippen LogP contribution in [0.4, 0.5) is 5.69 Å². The molecular formula is C23H24N4O2S. The van der Waals surface area contributed by atoms with Crippen LogP contribution in [0.15, 0.2) is 60.7 Å². The lowest BCUT2D eigenvalue weighted by molar-refractivity contribution is -0.117. The zero-order chi connectivity index (χ0) is 20.9. The van der Waals surface area contributed by atoms with Crippen molar-refractivity contribution in [3.63, 3.8) is 0 Å². The lowest BCUT2D eigenvalue weighted by atomic mass is 10.2. The largest absolute Gasteiger partial charge is 0.335 e. The second-order valence-corrected chi connectivity index (χ2v) is 8.28. The second-order valence-electron chi connectivity index (χ2n) is 7.28. The summed E-state index contributed by atoms with van der Waals surface area (Å²) in [4.78, 5) is 34.5. The Bertz CT molecular complexity index is 1010. The number of hydrogen-bond donors (Lipinski definition) is 1. The highest BCUT2D eigenvalue weighted by atomic mass is 32.1. The molecule has 0 saturated carbocycles. The Hall–Kier alpha value is -3.03. The van der Waals surface area contributed by atoms with Crippen molar-refractivity contribution in [1.29, 1.82) is 0 Å². The molecule has 0 spiro atoms. The Kier molecular flexibility index (Phi) is 6.21. The third kappa shape index (κ3) is 4.75. The summed E-state index contributed by atoms with van der Waals surface area (Å²) in [5.74, 6) is -0.00708. The Morgan fingerprint density at radius 1 is 0.967 bits per heavy atom. The van der Waals surface area contributed by atoms with Gasteiger partial charge in [0.25, 0.3) is 5.91 Å². The number of anilines is 1. The minimum Gasteiger partial charge on any atom is -0.335 e. The minimum absolute atomic E-state index is 0.0283. The molecule has 0 aliphatic carbocycles. The smallest absolute Gasteiger partial charge is 0.265 e. The van der Waals surface area contributed by atoms with Crippen LogP contribution in [0.5, 0.6) is 0 Å². The van der Waals surface area contributed by atoms with E-state index in [-0.39, 0.29) is 11.8 Å². The van der Waals surface area contributed by atoms with Crippen molar-refractivity contribution in [3.05, 3.63) is 71.2 Å². The maximum atomic E-state index is 13.0. The molecule has 1 aliphatic rings. The molecule has 1 N–H and O–H groups in total. The summed E-state index contributed by atoms with van der Waals surface area (Å²) < 4.78 is 0. The lowest BCUT2D eigenvalue weighted by Crippen LogP contribution is -2.50. The van der Waals surface area contributed by atoms with Crippen molar-refractivity contribution in [2.75, 3.05) is 38.0 Å². The first kappa shape index (κ1) is 20.3. The molecule has 154 valence electrons. The van der Waals surface area contributed by atoms with E-state index in [1.807, 2.05) is 72.5 Å². The Balaban J connectivity index is 1.32. The molecule has 1 saturated heterocycles. The molecule has 6 nitrogen and oxygen atoms in total. The molecule has 2 heterocycles. The summed E-state index contributed by atoms with van der Waals surface area (Å²) in [5.41, 5.74) is 2.60. The molecule has 0 bridgehead atoms. The molecule has 1 fully saturated rings. The third-order valence-electron chi connectivity index (χ3n) is 5.10. The monoisotopic (exact) mass is 420 g/mol. The van der Waals surface area contributed by atoms with Gasteiger partial charge in [-0.05, 0) is 19.1 Å². The zero-order valence-electron chi connectivity index (χ0n) is 16.9. The fraction of sp³-hybridized carbons (Fsp3) is 0.261. The second kappa shape index (κ2) is 9.19. The number of carbonyl (C=O) groups excluding carboxylic acids is 2. The first-order chi connectivity index (χ1) is 14.6. The molecule has 0 unspecified atom stereocenters. The van der Waals surface area contributed by atoms with Crippen LogP contribution >= 0.6 is 11.3 Å². The van der Waals surface area contributed by atoms with E-state index in [0.717, 1.165) is 22.0 Å². The lowest BCUT2D eigenvalue weighted by Gasteiger charge is -2.34. The highest BCUT2D eigenvalue weighted by Crippen LogP contribution is 2.28. The van der Waals surface area contributed by atoms with Gasteiger partial charge in [-0.1, -0.05) is 48.5 Å². The van der Waals surface area contributed by atoms with Gasteiger partial charge in [0.2, 0.25) is 5.91 Å². The van der Waals surface area contributed by atoms with Gasteiger partial charge >= 0.3 is 0 Å². The van der Waals surface area contributed by atoms with Gasteiger partial charge in [0.05, 0.1) is 12.2 Å². The topological polar surface area (TPSA) is 65.5 Å². The fourth-order valence-corrected chi connectivity index (χ4v) is 4.52. The number of rotatable bonds is 5. The average Bonchev–Trinajstić information content (AvgIpc) is 3.17. The van der Waals surface area contributed by atoms with E-state index >= 15 is 0 Å². The number of aromatic nitrogens is 1. The summed E-state index contributed by atoms with van der Waals surface area (Å²) >= 11 is 1.45. The molecule has 2 amide bonds. The molecule has 1 aromatic heterocycles. The Labute approximate surface area is 180 Å². The molecular weight excluding hydrogens is 396 g/mol. The van der Waals surface area contributed by atoms with E-state index in [1.165, 1.54) is 11.3 Å². The molecule has 30 heavy (non-hydrogen) atoms. The minimum atomic E-state index is -0.0354. The predicted octanol–water partition coefficient (Wildman–Crippen LogP) is 3.52. The van der Waals surface area contributed by atoms with Gasteiger partial charge in [0.15, 0.2) is 0 Å². The molecule has 7 heteroatoms. The summed E-state index contributed by atoms with van der Waals surface area (Å²) in [5, 5.41) is 3.78. The van der Waals surface area contributed by atoms with Gasteiger partial charge in [-0.15, -0.1) is 11.3 Å². The summed E-state index contributed by atoms with van der Waals surface area (Å²) in [6, 6.07) is 19.4. The number of nitrogens with zero attached hydrogens (tertiary/aromatic N) is 3. The maximum absolute atomic E-state index is 13.0. The van der Waals surface area contributed by atoms with Crippen molar-refractivity contribution in [3.8, 4) is 10.6 Å². The molecule has 0 radical (unpaired) electrons. The third-order valence-corrected chi connectivity index (χ3v) is 6.29. The standard InChI is InChI=1S/C23H24N4O2S/c1-17-21(30-22(24-17)18-8-4-2-5-9-18)23(29)27-14-12-26(13-15-27)16-20(28)25-19-10-6-3-7-11-19/h2-11H,12-16H2,1H3,(H,25,28). The highest BCUT2D eigenvalue weighted by Gasteiger charge is 2.26. The van der Waals surface area contributed by atoms with E-state index in [4.69, 9.17) is 0 Å². The number of para-hydroxylation sites is 1. The van der Waals surface area contributed by atoms with E-state index in [1.54, 1.807) is 0 Å². The number of amides is 2. The summed E-state index contributed by atoms with van der Waals surface area (Å²) in [6.45, 7) is 4.79. The number of carbonyl (C=O) groups is 2. The number of nitrogens with one attached hydrogen (secondary N) is 1. The number of hydrogen-bond acceptors (Lipinski definition) is 5. The van der Waals surface area contributed by atoms with Crippen LogP contribution < -0.4 is 5.32 Å². The van der Waals surface area contributed by atoms with E-state index in [2.05, 4.69) is 15.2 Å². The van der Waals surface area contributed by atoms with Crippen LogP contribution in [0, 0.1) is 6.92 Å². The number of piperazine rings is 1. The number of benzene rings is 2.